The van der Waals surface area contributed by atoms with Gasteiger partial charge in [0.25, 0.3) is 0 Å². The molecule has 0 unspecified atom stereocenters. The number of hydrogen-bond donors (Lipinski definition) is 1. The van der Waals surface area contributed by atoms with Crippen molar-refractivity contribution in [1.29, 1.82) is 0 Å². The summed E-state index contributed by atoms with van der Waals surface area (Å²) in [6.07, 6.45) is 9.01. The molecule has 1 aromatic rings. The lowest BCUT2D eigenvalue weighted by Gasteiger charge is -2.38. The molecule has 1 atom stereocenters. The molecule has 0 saturated carbocycles. The molecule has 0 aliphatic heterocycles. The Morgan fingerprint density at radius 2 is 1.59 bits per heavy atom. The zero-order valence-corrected chi connectivity index (χ0v) is 21.0. The summed E-state index contributed by atoms with van der Waals surface area (Å²) in [5.41, 5.74) is 0.369. The average Bonchev–Trinajstić information content (AvgIpc) is 2.80. The van der Waals surface area contributed by atoms with E-state index in [9.17, 15) is 19.2 Å². The third kappa shape index (κ3) is 6.45. The minimum atomic E-state index is -2.20. The molecular formula is C27H39NO6. The topological polar surface area (TPSA) is 98.8 Å². The first-order valence-electron chi connectivity index (χ1n) is 12.6. The van der Waals surface area contributed by atoms with Gasteiger partial charge in [-0.2, -0.15) is 0 Å². The molecule has 7 nitrogen and oxygen atoms in total. The summed E-state index contributed by atoms with van der Waals surface area (Å²) in [6.45, 7) is 6.61. The quantitative estimate of drug-likeness (QED) is 0.260. The number of ether oxygens (including phenoxy) is 2. The van der Waals surface area contributed by atoms with E-state index in [2.05, 4.69) is 18.3 Å². The molecule has 0 bridgehead atoms. The van der Waals surface area contributed by atoms with Gasteiger partial charge in [0.2, 0.25) is 11.4 Å². The first kappa shape index (κ1) is 27.5. The van der Waals surface area contributed by atoms with Crippen LogP contribution >= 0.6 is 0 Å². The summed E-state index contributed by atoms with van der Waals surface area (Å²) in [6, 6.07) is 5.79. The average molecular weight is 474 g/mol. The standard InChI is InChI=1S/C27H39NO6/c1-5-8-9-10-11-12-13-20-14-16-22-21(18-20)15-17-23(24(22)30)27(28-19(4)29,25(31)33-6-2)26(32)34-7-3/h14,16,18,23H,5-13,15,17H2,1-4H3,(H,28,29)/t23-/m0/s1. The molecule has 0 radical (unpaired) electrons. The minimum Gasteiger partial charge on any atom is -0.464 e. The number of carbonyl (C=O) groups excluding carboxylic acids is 4. The Hall–Kier alpha value is -2.70. The van der Waals surface area contributed by atoms with Crippen LogP contribution in [0, 0.1) is 5.92 Å². The number of ketones is 1. The highest BCUT2D eigenvalue weighted by atomic mass is 16.6. The van der Waals surface area contributed by atoms with Crippen LogP contribution in [0.15, 0.2) is 18.2 Å². The third-order valence-corrected chi connectivity index (χ3v) is 6.36. The van der Waals surface area contributed by atoms with Crippen LogP contribution in [0.2, 0.25) is 0 Å². The maximum absolute atomic E-state index is 13.6. The highest BCUT2D eigenvalue weighted by molar-refractivity contribution is 6.15. The number of Topliss-reactive ketones (excluding diaryl/α,β-unsaturated/α-hetero) is 1. The Morgan fingerprint density at radius 1 is 0.971 bits per heavy atom. The lowest BCUT2D eigenvalue weighted by Crippen LogP contribution is -2.67. The van der Waals surface area contributed by atoms with Crippen molar-refractivity contribution in [2.45, 2.75) is 91.0 Å². The van der Waals surface area contributed by atoms with E-state index in [1.165, 1.54) is 44.6 Å². The number of amides is 1. The van der Waals surface area contributed by atoms with Crippen LogP contribution in [-0.2, 0) is 36.7 Å². The van der Waals surface area contributed by atoms with Gasteiger partial charge in [-0.05, 0) is 50.7 Å². The molecule has 0 saturated heterocycles. The summed E-state index contributed by atoms with van der Waals surface area (Å²) in [4.78, 5) is 51.7. The highest BCUT2D eigenvalue weighted by Crippen LogP contribution is 2.35. The number of fused-ring (bicyclic) bond motifs is 1. The Bertz CT molecular complexity index is 860. The van der Waals surface area contributed by atoms with Crippen molar-refractivity contribution in [2.24, 2.45) is 5.92 Å². The normalized spacial score (nSPS) is 15.4. The van der Waals surface area contributed by atoms with Gasteiger partial charge in [-0.1, -0.05) is 57.2 Å². The van der Waals surface area contributed by atoms with Crippen LogP contribution < -0.4 is 5.32 Å². The van der Waals surface area contributed by atoms with Gasteiger partial charge in [0.05, 0.1) is 19.1 Å². The molecule has 0 heterocycles. The van der Waals surface area contributed by atoms with E-state index in [0.29, 0.717) is 12.0 Å². The number of esters is 2. The molecule has 0 fully saturated rings. The van der Waals surface area contributed by atoms with E-state index in [1.807, 2.05) is 6.07 Å². The second kappa shape index (κ2) is 13.3. The molecule has 1 aliphatic carbocycles. The van der Waals surface area contributed by atoms with E-state index in [-0.39, 0.29) is 25.4 Å². The number of aryl methyl sites for hydroxylation is 2. The molecule has 2 rings (SSSR count). The van der Waals surface area contributed by atoms with Crippen molar-refractivity contribution < 1.29 is 28.7 Å². The molecule has 7 heteroatoms. The Balaban J connectivity index is 2.29. The van der Waals surface area contributed by atoms with E-state index >= 15 is 0 Å². The van der Waals surface area contributed by atoms with Gasteiger partial charge < -0.3 is 14.8 Å². The molecule has 1 amide bonds. The SMILES string of the molecule is CCCCCCCCc1ccc2c(c1)CC[C@H](C(NC(C)=O)(C(=O)OCC)C(=O)OCC)C2=O. The first-order valence-corrected chi connectivity index (χ1v) is 12.6. The molecule has 188 valence electrons. The Labute approximate surface area is 203 Å². The highest BCUT2D eigenvalue weighted by Gasteiger charge is 2.59. The van der Waals surface area contributed by atoms with E-state index in [4.69, 9.17) is 9.47 Å². The fourth-order valence-corrected chi connectivity index (χ4v) is 4.72. The van der Waals surface area contributed by atoms with E-state index in [1.54, 1.807) is 19.9 Å². The van der Waals surface area contributed by atoms with Crippen LogP contribution in [-0.4, -0.2) is 42.4 Å². The summed E-state index contributed by atoms with van der Waals surface area (Å²) < 4.78 is 10.3. The van der Waals surface area contributed by atoms with E-state index in [0.717, 1.165) is 18.4 Å². The predicted octanol–water partition coefficient (Wildman–Crippen LogP) is 4.34. The van der Waals surface area contributed by atoms with Crippen molar-refractivity contribution >= 4 is 23.6 Å². The summed E-state index contributed by atoms with van der Waals surface area (Å²) >= 11 is 0. The second-order valence-electron chi connectivity index (χ2n) is 8.89. The zero-order valence-electron chi connectivity index (χ0n) is 21.0. The smallest absolute Gasteiger partial charge is 0.344 e. The molecule has 0 aromatic heterocycles. The molecule has 1 N–H and O–H groups in total. The van der Waals surface area contributed by atoms with Crippen LogP contribution in [0.1, 0.15) is 94.1 Å². The summed E-state index contributed by atoms with van der Waals surface area (Å²) in [5.74, 6) is -4.02. The lowest BCUT2D eigenvalue weighted by molar-refractivity contribution is -0.170. The van der Waals surface area contributed by atoms with Crippen LogP contribution in [0.5, 0.6) is 0 Å². The second-order valence-corrected chi connectivity index (χ2v) is 8.89. The first-order chi connectivity index (χ1) is 16.3. The number of carbonyl (C=O) groups is 4. The minimum absolute atomic E-state index is 0.00112. The largest absolute Gasteiger partial charge is 0.464 e. The predicted molar refractivity (Wildman–Crippen MR) is 129 cm³/mol. The third-order valence-electron chi connectivity index (χ3n) is 6.36. The number of unbranched alkanes of at least 4 members (excludes halogenated alkanes) is 5. The molecule has 0 spiro atoms. The van der Waals surface area contributed by atoms with Gasteiger partial charge >= 0.3 is 11.9 Å². The van der Waals surface area contributed by atoms with Gasteiger partial charge in [0.1, 0.15) is 0 Å². The van der Waals surface area contributed by atoms with Crippen LogP contribution in [0.25, 0.3) is 0 Å². The van der Waals surface area contributed by atoms with Crippen molar-refractivity contribution in [1.82, 2.24) is 5.32 Å². The summed E-state index contributed by atoms with van der Waals surface area (Å²) in [7, 11) is 0. The Morgan fingerprint density at radius 3 is 2.18 bits per heavy atom. The van der Waals surface area contributed by atoms with Crippen molar-refractivity contribution in [3.05, 3.63) is 34.9 Å². The maximum Gasteiger partial charge on any atom is 0.344 e. The number of rotatable bonds is 13. The number of nitrogens with one attached hydrogen (secondary N) is 1. The van der Waals surface area contributed by atoms with E-state index < -0.39 is 29.3 Å². The van der Waals surface area contributed by atoms with Crippen molar-refractivity contribution in [2.75, 3.05) is 13.2 Å². The fraction of sp³-hybridized carbons (Fsp3) is 0.630. The summed E-state index contributed by atoms with van der Waals surface area (Å²) in [5, 5.41) is 2.44. The maximum atomic E-state index is 13.6. The monoisotopic (exact) mass is 473 g/mol. The number of benzene rings is 1. The number of hydrogen-bond acceptors (Lipinski definition) is 6. The zero-order chi connectivity index (χ0) is 25.1. The molecule has 34 heavy (non-hydrogen) atoms. The molecular weight excluding hydrogens is 434 g/mol. The van der Waals surface area contributed by atoms with Gasteiger partial charge in [0.15, 0.2) is 5.78 Å². The fourth-order valence-electron chi connectivity index (χ4n) is 4.72. The van der Waals surface area contributed by atoms with Gasteiger partial charge in [0, 0.05) is 12.5 Å². The molecule has 1 aliphatic rings. The lowest BCUT2D eigenvalue weighted by atomic mass is 9.71. The van der Waals surface area contributed by atoms with Gasteiger partial charge in [-0.15, -0.1) is 0 Å². The molecule has 1 aromatic carbocycles. The van der Waals surface area contributed by atoms with Crippen molar-refractivity contribution in [3.63, 3.8) is 0 Å². The van der Waals surface area contributed by atoms with Gasteiger partial charge in [-0.3, -0.25) is 9.59 Å². The van der Waals surface area contributed by atoms with Crippen molar-refractivity contribution in [3.8, 4) is 0 Å². The van der Waals surface area contributed by atoms with Crippen LogP contribution in [0.3, 0.4) is 0 Å². The Kier molecular flexibility index (Phi) is 10.7. The van der Waals surface area contributed by atoms with Gasteiger partial charge in [-0.25, -0.2) is 9.59 Å². The van der Waals surface area contributed by atoms with Crippen LogP contribution in [0.4, 0.5) is 0 Å².